The van der Waals surface area contributed by atoms with E-state index in [0.717, 1.165) is 10.9 Å². The first-order valence-electron chi connectivity index (χ1n) is 7.46. The third kappa shape index (κ3) is 4.22. The molecule has 0 bridgehead atoms. The summed E-state index contributed by atoms with van der Waals surface area (Å²) in [5.41, 5.74) is 7.53. The number of aromatic nitrogens is 1. The molecule has 0 fully saturated rings. The molecule has 124 valence electrons. The molecule has 0 aliphatic rings. The van der Waals surface area contributed by atoms with Crippen molar-refractivity contribution >= 4 is 46.1 Å². The first-order chi connectivity index (χ1) is 12.0. The van der Waals surface area contributed by atoms with Crippen LogP contribution in [0.25, 0.3) is 17.0 Å². The van der Waals surface area contributed by atoms with Crippen molar-refractivity contribution in [2.45, 2.75) is 0 Å². The van der Waals surface area contributed by atoms with Crippen molar-refractivity contribution in [3.63, 3.8) is 0 Å². The van der Waals surface area contributed by atoms with Crippen LogP contribution in [0.2, 0.25) is 5.02 Å². The van der Waals surface area contributed by atoms with Gasteiger partial charge in [0.05, 0.1) is 11.2 Å². The van der Waals surface area contributed by atoms with E-state index in [1.807, 2.05) is 18.2 Å². The summed E-state index contributed by atoms with van der Waals surface area (Å²) in [6.07, 6.45) is 3.01. The lowest BCUT2D eigenvalue weighted by Gasteiger charge is -2.03. The zero-order valence-electron chi connectivity index (χ0n) is 13.1. The van der Waals surface area contributed by atoms with Crippen molar-refractivity contribution in [1.82, 2.24) is 4.98 Å². The Labute approximate surface area is 149 Å². The van der Waals surface area contributed by atoms with E-state index in [-0.39, 0.29) is 5.91 Å². The van der Waals surface area contributed by atoms with Crippen LogP contribution in [0.3, 0.4) is 0 Å². The lowest BCUT2D eigenvalue weighted by atomic mass is 10.2. The number of nitrogens with two attached hydrogens (primary N) is 1. The van der Waals surface area contributed by atoms with Gasteiger partial charge in [0.1, 0.15) is 0 Å². The van der Waals surface area contributed by atoms with Crippen LogP contribution < -0.4 is 11.1 Å². The Balaban J connectivity index is 1.70. The number of amides is 2. The number of rotatable bonds is 4. The number of benzene rings is 2. The Morgan fingerprint density at radius 2 is 1.76 bits per heavy atom. The summed E-state index contributed by atoms with van der Waals surface area (Å²) in [4.78, 5) is 27.4. The average molecular weight is 352 g/mol. The van der Waals surface area contributed by atoms with Crippen LogP contribution in [0.15, 0.2) is 60.7 Å². The third-order valence-corrected chi connectivity index (χ3v) is 3.75. The van der Waals surface area contributed by atoms with Gasteiger partial charge >= 0.3 is 0 Å². The molecule has 3 rings (SSSR count). The minimum absolute atomic E-state index is 0.306. The highest BCUT2D eigenvalue weighted by atomic mass is 35.5. The number of hydrogen-bond donors (Lipinski definition) is 2. The van der Waals surface area contributed by atoms with Crippen molar-refractivity contribution in [1.29, 1.82) is 0 Å². The Kier molecular flexibility index (Phi) is 4.77. The van der Waals surface area contributed by atoms with Gasteiger partial charge in [0.25, 0.3) is 0 Å². The molecule has 1 heterocycles. The van der Waals surface area contributed by atoms with Gasteiger partial charge in [-0.15, -0.1) is 0 Å². The molecule has 6 heteroatoms. The number of nitrogens with one attached hydrogen (secondary N) is 1. The van der Waals surface area contributed by atoms with Crippen LogP contribution in [0.5, 0.6) is 0 Å². The van der Waals surface area contributed by atoms with Gasteiger partial charge < -0.3 is 11.1 Å². The van der Waals surface area contributed by atoms with Gasteiger partial charge in [-0.3, -0.25) is 9.59 Å². The standard InChI is InChI=1S/C19H14ClN3O2/c20-14-5-1-12-2-6-15(22-17(12)11-14)9-10-18(24)23-16-7-3-13(4-8-16)19(21)25/h1-11H,(H2,21,25)(H,23,24). The normalized spacial score (nSPS) is 10.9. The maximum atomic E-state index is 12.0. The summed E-state index contributed by atoms with van der Waals surface area (Å²) in [5.74, 6) is -0.819. The lowest BCUT2D eigenvalue weighted by molar-refractivity contribution is -0.111. The zero-order valence-corrected chi connectivity index (χ0v) is 13.8. The molecule has 5 nitrogen and oxygen atoms in total. The molecule has 0 atom stereocenters. The van der Waals surface area contributed by atoms with Crippen LogP contribution in [0.1, 0.15) is 16.1 Å². The van der Waals surface area contributed by atoms with Crippen molar-refractivity contribution < 1.29 is 9.59 Å². The average Bonchev–Trinajstić information content (AvgIpc) is 2.60. The van der Waals surface area contributed by atoms with Gasteiger partial charge in [-0.1, -0.05) is 23.7 Å². The quantitative estimate of drug-likeness (QED) is 0.704. The minimum Gasteiger partial charge on any atom is -0.366 e. The molecule has 0 aliphatic carbocycles. The molecule has 3 N–H and O–H groups in total. The molecule has 2 aromatic carbocycles. The summed E-state index contributed by atoms with van der Waals surface area (Å²) >= 11 is 5.97. The molecular weight excluding hydrogens is 338 g/mol. The van der Waals surface area contributed by atoms with Crippen molar-refractivity contribution in [3.8, 4) is 0 Å². The predicted octanol–water partition coefficient (Wildman–Crippen LogP) is 3.64. The maximum absolute atomic E-state index is 12.0. The molecule has 0 saturated carbocycles. The number of halogens is 1. The van der Waals surface area contributed by atoms with Gasteiger partial charge in [-0.05, 0) is 48.5 Å². The van der Waals surface area contributed by atoms with E-state index in [2.05, 4.69) is 10.3 Å². The molecule has 1 aromatic heterocycles. The Morgan fingerprint density at radius 1 is 1.04 bits per heavy atom. The van der Waals surface area contributed by atoms with Crippen LogP contribution in [-0.2, 0) is 4.79 Å². The smallest absolute Gasteiger partial charge is 0.248 e. The number of hydrogen-bond acceptors (Lipinski definition) is 3. The van der Waals surface area contributed by atoms with Gasteiger partial charge in [0.2, 0.25) is 11.8 Å². The molecular formula is C19H14ClN3O2. The van der Waals surface area contributed by atoms with Crippen molar-refractivity contribution in [2.75, 3.05) is 5.32 Å². The van der Waals surface area contributed by atoms with Crippen LogP contribution in [0, 0.1) is 0 Å². The fourth-order valence-electron chi connectivity index (χ4n) is 2.26. The first-order valence-corrected chi connectivity index (χ1v) is 7.84. The van der Waals surface area contributed by atoms with Crippen LogP contribution in [-0.4, -0.2) is 16.8 Å². The highest BCUT2D eigenvalue weighted by Crippen LogP contribution is 2.18. The van der Waals surface area contributed by atoms with E-state index in [9.17, 15) is 9.59 Å². The van der Waals surface area contributed by atoms with Gasteiger partial charge in [0, 0.05) is 27.7 Å². The summed E-state index contributed by atoms with van der Waals surface area (Å²) in [6.45, 7) is 0. The van der Waals surface area contributed by atoms with Gasteiger partial charge in [-0.25, -0.2) is 4.98 Å². The second-order valence-corrected chi connectivity index (χ2v) is 5.77. The van der Waals surface area contributed by atoms with E-state index in [1.54, 1.807) is 42.5 Å². The van der Waals surface area contributed by atoms with E-state index >= 15 is 0 Å². The molecule has 0 saturated heterocycles. The largest absolute Gasteiger partial charge is 0.366 e. The van der Waals surface area contributed by atoms with Crippen molar-refractivity contribution in [3.05, 3.63) is 77.0 Å². The van der Waals surface area contributed by atoms with Gasteiger partial charge in [-0.2, -0.15) is 0 Å². The molecule has 0 unspecified atom stereocenters. The van der Waals surface area contributed by atoms with Crippen LogP contribution in [0.4, 0.5) is 5.69 Å². The molecule has 3 aromatic rings. The number of nitrogens with zero attached hydrogens (tertiary/aromatic N) is 1. The fourth-order valence-corrected chi connectivity index (χ4v) is 2.43. The van der Waals surface area contributed by atoms with Gasteiger partial charge in [0.15, 0.2) is 0 Å². The van der Waals surface area contributed by atoms with Crippen LogP contribution >= 0.6 is 11.6 Å². The lowest BCUT2D eigenvalue weighted by Crippen LogP contribution is -2.11. The number of carbonyl (C=O) groups is 2. The Hall–Kier alpha value is -3.18. The number of carbonyl (C=O) groups excluding carboxylic acids is 2. The SMILES string of the molecule is NC(=O)c1ccc(NC(=O)C=Cc2ccc3ccc(Cl)cc3n2)cc1. The second-order valence-electron chi connectivity index (χ2n) is 5.34. The topological polar surface area (TPSA) is 85.1 Å². The molecule has 25 heavy (non-hydrogen) atoms. The van der Waals surface area contributed by atoms with E-state index in [0.29, 0.717) is 22.0 Å². The second kappa shape index (κ2) is 7.15. The zero-order chi connectivity index (χ0) is 17.8. The number of pyridine rings is 1. The minimum atomic E-state index is -0.514. The first kappa shape index (κ1) is 16.7. The number of fused-ring (bicyclic) bond motifs is 1. The number of anilines is 1. The molecule has 0 aliphatic heterocycles. The summed E-state index contributed by atoms with van der Waals surface area (Å²) < 4.78 is 0. The monoisotopic (exact) mass is 351 g/mol. The summed E-state index contributed by atoms with van der Waals surface area (Å²) in [7, 11) is 0. The Morgan fingerprint density at radius 3 is 2.48 bits per heavy atom. The summed E-state index contributed by atoms with van der Waals surface area (Å²) in [5, 5.41) is 4.28. The summed E-state index contributed by atoms with van der Waals surface area (Å²) in [6, 6.07) is 15.5. The maximum Gasteiger partial charge on any atom is 0.248 e. The predicted molar refractivity (Wildman–Crippen MR) is 99.4 cm³/mol. The molecule has 2 amide bonds. The van der Waals surface area contributed by atoms with E-state index < -0.39 is 5.91 Å². The highest BCUT2D eigenvalue weighted by molar-refractivity contribution is 6.31. The van der Waals surface area contributed by atoms with E-state index in [4.69, 9.17) is 17.3 Å². The van der Waals surface area contributed by atoms with Crippen molar-refractivity contribution in [2.24, 2.45) is 5.73 Å². The third-order valence-electron chi connectivity index (χ3n) is 3.52. The Bertz CT molecular complexity index is 982. The number of primary amides is 1. The molecule has 0 radical (unpaired) electrons. The van der Waals surface area contributed by atoms with E-state index in [1.165, 1.54) is 6.08 Å². The molecule has 0 spiro atoms. The highest BCUT2D eigenvalue weighted by Gasteiger charge is 2.02. The fraction of sp³-hybridized carbons (Fsp3) is 0.